The van der Waals surface area contributed by atoms with Crippen LogP contribution in [0.5, 0.6) is 0 Å². The number of hydrogen-bond acceptors (Lipinski definition) is 13. The second-order valence-corrected chi connectivity index (χ2v) is 23.1. The minimum Gasteiger partial charge on any atom is -1.00 e. The lowest BCUT2D eigenvalue weighted by Gasteiger charge is -2.11. The highest BCUT2D eigenvalue weighted by atomic mass is 79.9. The molecular weight excluding hydrogens is 1370 g/mol. The van der Waals surface area contributed by atoms with E-state index in [1.807, 2.05) is 239 Å². The second-order valence-electron chi connectivity index (χ2n) is 22.3. The number of anilines is 4. The Morgan fingerprint density at radius 3 is 1.15 bits per heavy atom. The highest BCUT2D eigenvalue weighted by Gasteiger charge is 2.13. The van der Waals surface area contributed by atoms with E-state index in [4.69, 9.17) is 0 Å². The van der Waals surface area contributed by atoms with Gasteiger partial charge in [-0.15, -0.1) is 10.2 Å². The molecule has 0 bridgehead atoms. The van der Waals surface area contributed by atoms with Crippen LogP contribution in [-0.2, 0) is 45.8 Å². The molecule has 0 aliphatic heterocycles. The lowest BCUT2D eigenvalue weighted by Crippen LogP contribution is -3.00. The molecule has 0 saturated heterocycles. The molecule has 94 heavy (non-hydrogen) atoms. The van der Waals surface area contributed by atoms with Crippen LogP contribution < -0.4 is 76.4 Å². The number of halogens is 3. The van der Waals surface area contributed by atoms with Crippen molar-refractivity contribution < 1.29 is 56.8 Å². The van der Waals surface area contributed by atoms with Crippen molar-refractivity contribution in [1.29, 1.82) is 0 Å². The summed E-state index contributed by atoms with van der Waals surface area (Å²) in [5.74, 6) is 1.70. The van der Waals surface area contributed by atoms with Crippen molar-refractivity contribution >= 4 is 84.4 Å². The van der Waals surface area contributed by atoms with Crippen LogP contribution in [0.4, 0.5) is 68.5 Å². The molecule has 0 spiro atoms. The van der Waals surface area contributed by atoms with E-state index < -0.39 is 0 Å². The molecule has 6 aromatic heterocycles. The Balaban J connectivity index is 0.000000276. The Kier molecular flexibility index (Phi) is 32.9. The quantitative estimate of drug-likeness (QED) is 0.0286. The molecule has 10 aromatic rings. The highest BCUT2D eigenvalue weighted by molar-refractivity contribution is 9.09. The first-order valence-electron chi connectivity index (χ1n) is 30.6. The molecule has 23 heteroatoms. The van der Waals surface area contributed by atoms with Crippen molar-refractivity contribution in [3.05, 3.63) is 232 Å². The van der Waals surface area contributed by atoms with Crippen LogP contribution in [0.25, 0.3) is 0 Å². The molecule has 0 N–H and O–H groups in total. The summed E-state index contributed by atoms with van der Waals surface area (Å²) in [7, 11) is 16.2. The summed E-state index contributed by atoms with van der Waals surface area (Å²) in [5.41, 5.74) is 9.67. The number of rotatable bonds is 27. The summed E-state index contributed by atoms with van der Waals surface area (Å²) in [5, 5.41) is 36.2. The van der Waals surface area contributed by atoms with Crippen LogP contribution in [-0.4, -0.2) is 75.8 Å². The van der Waals surface area contributed by atoms with Gasteiger partial charge in [0, 0.05) is 153 Å². The number of pyridine rings is 4. The highest BCUT2D eigenvalue weighted by Crippen LogP contribution is 2.24. The van der Waals surface area contributed by atoms with Gasteiger partial charge in [-0.2, -0.15) is 10.2 Å². The average molecular weight is 1460 g/mol. The fourth-order valence-electron chi connectivity index (χ4n) is 9.27. The summed E-state index contributed by atoms with van der Waals surface area (Å²) in [6.07, 6.45) is 28.5. The molecule has 0 aliphatic rings. The summed E-state index contributed by atoms with van der Waals surface area (Å²) in [4.78, 5) is 12.3. The molecule has 0 radical (unpaired) electrons. The van der Waals surface area contributed by atoms with Crippen molar-refractivity contribution in [2.45, 2.75) is 78.9 Å². The van der Waals surface area contributed by atoms with Gasteiger partial charge < -0.3 is 58.1 Å². The Labute approximate surface area is 585 Å². The Hall–Kier alpha value is -9.06. The van der Waals surface area contributed by atoms with Crippen LogP contribution in [0, 0.1) is 0 Å². The van der Waals surface area contributed by atoms with E-state index in [1.54, 1.807) is 6.20 Å². The molecular formula is C71H90Br3N20+3. The fourth-order valence-corrected chi connectivity index (χ4v) is 9.52. The number of alkyl halides is 1. The normalized spacial score (nSPS) is 10.9. The van der Waals surface area contributed by atoms with Gasteiger partial charge in [0.2, 0.25) is 6.33 Å². The smallest absolute Gasteiger partial charge is 0.350 e. The summed E-state index contributed by atoms with van der Waals surface area (Å²) >= 11 is 3.44. The monoisotopic (exact) mass is 1460 g/mol. The number of nitrogens with zero attached hydrogens (tertiary/aromatic N) is 20. The van der Waals surface area contributed by atoms with E-state index in [0.29, 0.717) is 0 Å². The fraction of sp³-hybridized carbons (Fsp3) is 0.296. The second kappa shape index (κ2) is 40.8. The standard InChI is InChI=1S/C35H43N10.C19H23N6.C16H20BrN4.CH4.2BrH/c1-40(2)33-16-12-30(13-17-33)36-38-32-10-7-20-42(28-32)21-8-22-43-26-27-44(29-43)23-9-25-45-24-6-5-11-35(45)39-37-31-14-18-34(19-15-31)41(3)4;1-23(2)18-9-7-17(8-10-18)21-22-19-6-3-4-13-25(19)14-5-12-24-15-11-20-16-24;1-20(2)16-8-6-14(7-9-16)18-19-15-5-3-11-21(13-15)12-4-10-17;;;/h5-7,10-20,24,26-29H,8-9,21-23,25H2,1-4H3;3-4,6-11,13,15-16H,5,12,14H2,1-2H3;3,5-9,11,13H,4,10,12H2,1-2H3;1H4;2*1H/q+3;2*+1;;;/p-2. The largest absolute Gasteiger partial charge is 1.00 e. The van der Waals surface area contributed by atoms with Gasteiger partial charge in [-0.05, 0) is 132 Å². The average Bonchev–Trinajstić information content (AvgIpc) is 1.39. The molecule has 6 heterocycles. The maximum atomic E-state index is 4.53. The lowest BCUT2D eigenvalue weighted by molar-refractivity contribution is -0.726. The van der Waals surface area contributed by atoms with Gasteiger partial charge in [0.25, 0.3) is 0 Å². The molecule has 0 amide bonds. The number of azo groups is 4. The van der Waals surface area contributed by atoms with Crippen LogP contribution >= 0.6 is 15.9 Å². The molecule has 0 fully saturated rings. The van der Waals surface area contributed by atoms with Gasteiger partial charge in [-0.3, -0.25) is 0 Å². The summed E-state index contributed by atoms with van der Waals surface area (Å²) < 4.78 is 15.2. The Bertz CT molecular complexity index is 3870. The third-order valence-electron chi connectivity index (χ3n) is 14.4. The van der Waals surface area contributed by atoms with Gasteiger partial charge in [-0.25, -0.2) is 32.4 Å². The molecule has 0 atom stereocenters. The van der Waals surface area contributed by atoms with Crippen molar-refractivity contribution in [3.8, 4) is 0 Å². The number of benzene rings is 4. The molecule has 0 saturated carbocycles. The van der Waals surface area contributed by atoms with Gasteiger partial charge in [0.15, 0.2) is 31.3 Å². The van der Waals surface area contributed by atoms with Crippen molar-refractivity contribution in [1.82, 2.24) is 14.1 Å². The first-order chi connectivity index (χ1) is 44.3. The third-order valence-corrected chi connectivity index (χ3v) is 15.0. The van der Waals surface area contributed by atoms with Gasteiger partial charge >= 0.3 is 11.6 Å². The Morgan fingerprint density at radius 2 is 0.755 bits per heavy atom. The van der Waals surface area contributed by atoms with Gasteiger partial charge in [-0.1, -0.05) is 35.5 Å². The minimum absolute atomic E-state index is 0. The first kappa shape index (κ1) is 75.7. The predicted octanol–water partition coefficient (Wildman–Crippen LogP) is 9.12. The Morgan fingerprint density at radius 1 is 0.372 bits per heavy atom. The molecule has 492 valence electrons. The molecule has 4 aromatic carbocycles. The van der Waals surface area contributed by atoms with E-state index in [2.05, 4.69) is 157 Å². The molecule has 10 rings (SSSR count). The molecule has 0 unspecified atom stereocenters. The van der Waals surface area contributed by atoms with Crippen molar-refractivity contribution in [3.63, 3.8) is 0 Å². The third kappa shape index (κ3) is 25.8. The number of aryl methyl sites for hydroxylation is 7. The lowest BCUT2D eigenvalue weighted by atomic mass is 10.3. The number of hydrogen-bond donors (Lipinski definition) is 0. The van der Waals surface area contributed by atoms with E-state index in [0.717, 1.165) is 145 Å². The van der Waals surface area contributed by atoms with Crippen LogP contribution in [0.3, 0.4) is 0 Å². The van der Waals surface area contributed by atoms with Crippen molar-refractivity contribution in [2.24, 2.45) is 40.9 Å². The zero-order valence-electron chi connectivity index (χ0n) is 54.5. The number of imidazole rings is 2. The number of aromatic nitrogens is 8. The topological polar surface area (TPSA) is 154 Å². The predicted molar refractivity (Wildman–Crippen MR) is 372 cm³/mol. The van der Waals surface area contributed by atoms with Gasteiger partial charge in [0.05, 0.1) is 66.5 Å². The molecule has 0 aliphatic carbocycles. The van der Waals surface area contributed by atoms with E-state index in [9.17, 15) is 0 Å². The summed E-state index contributed by atoms with van der Waals surface area (Å²) in [6.45, 7) is 6.43. The van der Waals surface area contributed by atoms with Crippen LogP contribution in [0.1, 0.15) is 33.1 Å². The van der Waals surface area contributed by atoms with Crippen LogP contribution in [0.15, 0.2) is 273 Å². The maximum absolute atomic E-state index is 4.53. The minimum atomic E-state index is 0. The first-order valence-corrected chi connectivity index (χ1v) is 31.7. The maximum Gasteiger partial charge on any atom is 0.350 e. The van der Waals surface area contributed by atoms with E-state index in [1.165, 1.54) is 0 Å². The molecule has 20 nitrogen and oxygen atoms in total. The van der Waals surface area contributed by atoms with Crippen molar-refractivity contribution in [2.75, 3.05) is 81.3 Å². The van der Waals surface area contributed by atoms with E-state index in [-0.39, 0.29) is 41.4 Å². The summed E-state index contributed by atoms with van der Waals surface area (Å²) in [6, 6.07) is 52.2. The van der Waals surface area contributed by atoms with Gasteiger partial charge in [0.1, 0.15) is 41.7 Å². The zero-order valence-corrected chi connectivity index (χ0v) is 59.3. The van der Waals surface area contributed by atoms with E-state index >= 15 is 0 Å². The van der Waals surface area contributed by atoms with Crippen LogP contribution in [0.2, 0.25) is 0 Å². The SMILES string of the molecule is C.CN(C)c1ccc(N=Nc2ccc[n+](CCCBr)c2)cc1.CN(C)c1ccc(N=Nc2ccc[n+](CCC[n+]3ccn(CCC[n+]4ccccc4N=Nc4ccc(N(C)C)cc4)c3)c2)cc1.CN(C)c1ccc(N=Nc2cccc[n+]2CCCn2ccnc2)cc1.[Br-].[Br-]. The zero-order chi connectivity index (χ0) is 64.0.